The van der Waals surface area contributed by atoms with Gasteiger partial charge in [0.2, 0.25) is 5.91 Å². The standard InChI is InChI=1S/C19H20F3N3O2/c1-27-12-16(26)25-9-3-5-14(11-25)18-17(23-7-8-24-18)13-4-2-6-15(10-13)19(20,21)22/h2,4,6-8,10,14H,3,5,9,11-12H2,1H3. The van der Waals surface area contributed by atoms with Gasteiger partial charge in [-0.3, -0.25) is 14.8 Å². The SMILES string of the molecule is COCC(=O)N1CCCC(c2nccnc2-c2cccc(C(F)(F)F)c2)C1. The van der Waals surface area contributed by atoms with Crippen LogP contribution >= 0.6 is 0 Å². The first kappa shape index (κ1) is 19.3. The van der Waals surface area contributed by atoms with Gasteiger partial charge in [0, 0.05) is 44.1 Å². The molecule has 0 spiro atoms. The first-order valence-electron chi connectivity index (χ1n) is 8.65. The van der Waals surface area contributed by atoms with Crippen molar-refractivity contribution in [1.82, 2.24) is 14.9 Å². The van der Waals surface area contributed by atoms with E-state index in [1.54, 1.807) is 11.0 Å². The van der Waals surface area contributed by atoms with Crippen molar-refractivity contribution in [1.29, 1.82) is 0 Å². The molecule has 0 radical (unpaired) electrons. The lowest BCUT2D eigenvalue weighted by molar-refractivity contribution is -0.138. The van der Waals surface area contributed by atoms with Gasteiger partial charge in [0.25, 0.3) is 0 Å². The third kappa shape index (κ3) is 4.44. The van der Waals surface area contributed by atoms with Crippen LogP contribution in [0.15, 0.2) is 36.7 Å². The Labute approximate surface area is 155 Å². The number of likely N-dealkylation sites (tertiary alicyclic amines) is 1. The summed E-state index contributed by atoms with van der Waals surface area (Å²) >= 11 is 0. The van der Waals surface area contributed by atoms with Crippen LogP contribution in [0.2, 0.25) is 0 Å². The highest BCUT2D eigenvalue weighted by Crippen LogP contribution is 2.35. The number of nitrogens with zero attached hydrogens (tertiary/aromatic N) is 3. The van der Waals surface area contributed by atoms with Crippen LogP contribution < -0.4 is 0 Å². The van der Waals surface area contributed by atoms with Gasteiger partial charge in [0.05, 0.1) is 17.0 Å². The van der Waals surface area contributed by atoms with Gasteiger partial charge in [0.15, 0.2) is 0 Å². The van der Waals surface area contributed by atoms with Gasteiger partial charge in [-0.2, -0.15) is 13.2 Å². The van der Waals surface area contributed by atoms with E-state index in [1.807, 2.05) is 0 Å². The topological polar surface area (TPSA) is 55.3 Å². The van der Waals surface area contributed by atoms with Gasteiger partial charge >= 0.3 is 6.18 Å². The predicted octanol–water partition coefficient (Wildman–Crippen LogP) is 3.51. The summed E-state index contributed by atoms with van der Waals surface area (Å²) < 4.78 is 44.1. The highest BCUT2D eigenvalue weighted by molar-refractivity contribution is 5.77. The summed E-state index contributed by atoms with van der Waals surface area (Å²) in [5.74, 6) is -0.190. The maximum atomic E-state index is 13.1. The molecular formula is C19H20F3N3O2. The van der Waals surface area contributed by atoms with Gasteiger partial charge in [0.1, 0.15) is 6.61 Å². The fourth-order valence-corrected chi connectivity index (χ4v) is 3.35. The van der Waals surface area contributed by atoms with E-state index in [0.29, 0.717) is 30.0 Å². The van der Waals surface area contributed by atoms with Crippen LogP contribution in [-0.2, 0) is 15.7 Å². The van der Waals surface area contributed by atoms with E-state index in [2.05, 4.69) is 9.97 Å². The molecule has 0 bridgehead atoms. The molecule has 3 rings (SSSR count). The molecule has 1 aliphatic rings. The zero-order chi connectivity index (χ0) is 19.4. The Morgan fingerprint density at radius 3 is 2.81 bits per heavy atom. The van der Waals surface area contributed by atoms with Crippen LogP contribution in [0.25, 0.3) is 11.3 Å². The van der Waals surface area contributed by atoms with Crippen molar-refractivity contribution in [3.8, 4) is 11.3 Å². The summed E-state index contributed by atoms with van der Waals surface area (Å²) in [6, 6.07) is 5.08. The molecule has 1 saturated heterocycles. The lowest BCUT2D eigenvalue weighted by atomic mass is 9.91. The molecule has 2 aromatic rings. The number of carbonyl (C=O) groups excluding carboxylic acids is 1. The minimum absolute atomic E-state index is 0.00761. The van der Waals surface area contributed by atoms with Crippen LogP contribution in [-0.4, -0.2) is 47.6 Å². The van der Waals surface area contributed by atoms with Crippen molar-refractivity contribution in [3.63, 3.8) is 0 Å². The van der Waals surface area contributed by atoms with E-state index >= 15 is 0 Å². The molecular weight excluding hydrogens is 359 g/mol. The Morgan fingerprint density at radius 2 is 2.07 bits per heavy atom. The van der Waals surface area contributed by atoms with Crippen LogP contribution in [0, 0.1) is 0 Å². The number of methoxy groups -OCH3 is 1. The molecule has 2 heterocycles. The van der Waals surface area contributed by atoms with Crippen molar-refractivity contribution < 1.29 is 22.7 Å². The van der Waals surface area contributed by atoms with Crippen LogP contribution in [0.4, 0.5) is 13.2 Å². The molecule has 1 aromatic carbocycles. The molecule has 1 amide bonds. The maximum Gasteiger partial charge on any atom is 0.416 e. The molecule has 27 heavy (non-hydrogen) atoms. The van der Waals surface area contributed by atoms with Crippen molar-refractivity contribution >= 4 is 5.91 Å². The number of hydrogen-bond donors (Lipinski definition) is 0. The van der Waals surface area contributed by atoms with Crippen molar-refractivity contribution in [3.05, 3.63) is 47.9 Å². The van der Waals surface area contributed by atoms with Gasteiger partial charge in [-0.25, -0.2) is 0 Å². The Morgan fingerprint density at radius 1 is 1.30 bits per heavy atom. The third-order valence-electron chi connectivity index (χ3n) is 4.62. The number of benzene rings is 1. The summed E-state index contributed by atoms with van der Waals surface area (Å²) in [6.45, 7) is 1.10. The second-order valence-electron chi connectivity index (χ2n) is 6.48. The fraction of sp³-hybridized carbons (Fsp3) is 0.421. The Bertz CT molecular complexity index is 811. The average Bonchev–Trinajstić information content (AvgIpc) is 2.68. The number of amides is 1. The zero-order valence-corrected chi connectivity index (χ0v) is 14.9. The molecule has 5 nitrogen and oxygen atoms in total. The van der Waals surface area contributed by atoms with Gasteiger partial charge < -0.3 is 9.64 Å². The summed E-state index contributed by atoms with van der Waals surface area (Å²) in [5, 5.41) is 0. The largest absolute Gasteiger partial charge is 0.416 e. The van der Waals surface area contributed by atoms with Gasteiger partial charge in [-0.15, -0.1) is 0 Å². The van der Waals surface area contributed by atoms with E-state index in [-0.39, 0.29) is 18.4 Å². The fourth-order valence-electron chi connectivity index (χ4n) is 3.35. The molecule has 0 saturated carbocycles. The smallest absolute Gasteiger partial charge is 0.375 e. The van der Waals surface area contributed by atoms with E-state index in [9.17, 15) is 18.0 Å². The molecule has 0 aliphatic carbocycles. The summed E-state index contributed by atoms with van der Waals surface area (Å²) in [6.07, 6.45) is 0.158. The van der Waals surface area contributed by atoms with Gasteiger partial charge in [-0.05, 0) is 25.0 Å². The number of halogens is 3. The van der Waals surface area contributed by atoms with E-state index in [4.69, 9.17) is 4.74 Å². The number of ether oxygens (including phenoxy) is 1. The number of piperidine rings is 1. The third-order valence-corrected chi connectivity index (χ3v) is 4.62. The highest BCUT2D eigenvalue weighted by Gasteiger charge is 2.32. The number of aromatic nitrogens is 2. The Balaban J connectivity index is 1.92. The lowest BCUT2D eigenvalue weighted by Crippen LogP contribution is -2.41. The first-order chi connectivity index (χ1) is 12.9. The van der Waals surface area contributed by atoms with Crippen LogP contribution in [0.5, 0.6) is 0 Å². The second kappa shape index (κ2) is 8.04. The van der Waals surface area contributed by atoms with Crippen molar-refractivity contribution in [2.75, 3.05) is 26.8 Å². The number of hydrogen-bond acceptors (Lipinski definition) is 4. The first-order valence-corrected chi connectivity index (χ1v) is 8.65. The summed E-state index contributed by atoms with van der Waals surface area (Å²) in [5.41, 5.74) is 0.687. The number of alkyl halides is 3. The summed E-state index contributed by atoms with van der Waals surface area (Å²) in [4.78, 5) is 22.5. The molecule has 8 heteroatoms. The maximum absolute atomic E-state index is 13.1. The Hall–Kier alpha value is -2.48. The van der Waals surface area contributed by atoms with Gasteiger partial charge in [-0.1, -0.05) is 12.1 Å². The van der Waals surface area contributed by atoms with Crippen LogP contribution in [0.3, 0.4) is 0 Å². The molecule has 1 aliphatic heterocycles. The molecule has 144 valence electrons. The van der Waals surface area contributed by atoms with Crippen molar-refractivity contribution in [2.45, 2.75) is 24.9 Å². The highest BCUT2D eigenvalue weighted by atomic mass is 19.4. The minimum atomic E-state index is -4.42. The average molecular weight is 379 g/mol. The quantitative estimate of drug-likeness (QED) is 0.816. The predicted molar refractivity (Wildman–Crippen MR) is 92.9 cm³/mol. The van der Waals surface area contributed by atoms with Crippen LogP contribution in [0.1, 0.15) is 30.0 Å². The number of carbonyl (C=O) groups is 1. The minimum Gasteiger partial charge on any atom is -0.375 e. The molecule has 1 aromatic heterocycles. The van der Waals surface area contributed by atoms with Crippen molar-refractivity contribution in [2.24, 2.45) is 0 Å². The van der Waals surface area contributed by atoms with E-state index in [1.165, 1.54) is 25.6 Å². The zero-order valence-electron chi connectivity index (χ0n) is 14.9. The normalized spacial score (nSPS) is 17.8. The molecule has 1 atom stereocenters. The summed E-state index contributed by atoms with van der Waals surface area (Å²) in [7, 11) is 1.47. The van der Waals surface area contributed by atoms with E-state index in [0.717, 1.165) is 25.0 Å². The second-order valence-corrected chi connectivity index (χ2v) is 6.48. The molecule has 1 unspecified atom stereocenters. The molecule has 0 N–H and O–H groups in total. The number of rotatable bonds is 4. The Kier molecular flexibility index (Phi) is 5.74. The monoisotopic (exact) mass is 379 g/mol. The lowest BCUT2D eigenvalue weighted by Gasteiger charge is -2.33. The molecule has 1 fully saturated rings. The van der Waals surface area contributed by atoms with E-state index < -0.39 is 11.7 Å².